The largest absolute Gasteiger partial charge is 0.356 e. The SMILES string of the molecule is Cc1cc(Br)cc(N2CCC(n3cn[nH]c3=O)CC2)n1. The number of nitrogens with one attached hydrogen (secondary N) is 1. The Balaban J connectivity index is 1.72. The predicted octanol–water partition coefficient (Wildman–Crippen LogP) is 1.88. The summed E-state index contributed by atoms with van der Waals surface area (Å²) in [4.78, 5) is 18.4. The molecule has 0 atom stereocenters. The molecule has 0 unspecified atom stereocenters. The van der Waals surface area contributed by atoms with Crippen molar-refractivity contribution in [2.24, 2.45) is 0 Å². The number of aromatic nitrogens is 4. The van der Waals surface area contributed by atoms with Crippen molar-refractivity contribution in [3.8, 4) is 0 Å². The number of aryl methyl sites for hydroxylation is 1. The fraction of sp³-hybridized carbons (Fsp3) is 0.462. The summed E-state index contributed by atoms with van der Waals surface area (Å²) < 4.78 is 2.74. The highest BCUT2D eigenvalue weighted by atomic mass is 79.9. The first-order valence-corrected chi connectivity index (χ1v) is 7.43. The van der Waals surface area contributed by atoms with Crippen LogP contribution in [0, 0.1) is 6.92 Å². The second-order valence-corrected chi connectivity index (χ2v) is 5.99. The van der Waals surface area contributed by atoms with Gasteiger partial charge in [0.1, 0.15) is 12.1 Å². The number of anilines is 1. The normalized spacial score (nSPS) is 16.6. The molecule has 0 aromatic carbocycles. The van der Waals surface area contributed by atoms with Gasteiger partial charge < -0.3 is 4.90 Å². The lowest BCUT2D eigenvalue weighted by atomic mass is 10.1. The summed E-state index contributed by atoms with van der Waals surface area (Å²) in [6.07, 6.45) is 3.43. The maximum atomic E-state index is 11.6. The third-order valence-electron chi connectivity index (χ3n) is 3.66. The molecule has 1 aliphatic rings. The zero-order chi connectivity index (χ0) is 14.1. The summed E-state index contributed by atoms with van der Waals surface area (Å²) >= 11 is 3.51. The molecule has 0 amide bonds. The Hall–Kier alpha value is -1.63. The highest BCUT2D eigenvalue weighted by molar-refractivity contribution is 9.10. The quantitative estimate of drug-likeness (QED) is 0.908. The average Bonchev–Trinajstić information content (AvgIpc) is 2.84. The highest BCUT2D eigenvalue weighted by Gasteiger charge is 2.22. The number of H-pyrrole nitrogens is 1. The number of hydrogen-bond donors (Lipinski definition) is 1. The van der Waals surface area contributed by atoms with Crippen LogP contribution in [-0.2, 0) is 0 Å². The lowest BCUT2D eigenvalue weighted by molar-refractivity contribution is 0.386. The molecule has 3 rings (SSSR count). The Kier molecular flexibility index (Phi) is 3.60. The van der Waals surface area contributed by atoms with Crippen LogP contribution in [0.4, 0.5) is 5.82 Å². The molecule has 1 N–H and O–H groups in total. The molecule has 0 bridgehead atoms. The van der Waals surface area contributed by atoms with Gasteiger partial charge in [-0.1, -0.05) is 15.9 Å². The van der Waals surface area contributed by atoms with Crippen molar-refractivity contribution in [2.75, 3.05) is 18.0 Å². The number of pyridine rings is 1. The van der Waals surface area contributed by atoms with Crippen LogP contribution < -0.4 is 10.6 Å². The Morgan fingerprint density at radius 2 is 2.10 bits per heavy atom. The van der Waals surface area contributed by atoms with Gasteiger partial charge in [0.15, 0.2) is 0 Å². The minimum absolute atomic E-state index is 0.125. The van der Waals surface area contributed by atoms with Crippen molar-refractivity contribution < 1.29 is 0 Å². The van der Waals surface area contributed by atoms with Gasteiger partial charge in [0.2, 0.25) is 0 Å². The Bertz CT molecular complexity index is 637. The molecule has 2 aromatic heterocycles. The van der Waals surface area contributed by atoms with Crippen LogP contribution in [0.1, 0.15) is 24.6 Å². The highest BCUT2D eigenvalue weighted by Crippen LogP contribution is 2.26. The van der Waals surface area contributed by atoms with Crippen LogP contribution in [0.3, 0.4) is 0 Å². The molecule has 7 heteroatoms. The first-order chi connectivity index (χ1) is 9.63. The van der Waals surface area contributed by atoms with E-state index in [4.69, 9.17) is 0 Å². The van der Waals surface area contributed by atoms with Gasteiger partial charge in [-0.25, -0.2) is 14.9 Å². The van der Waals surface area contributed by atoms with Gasteiger partial charge >= 0.3 is 5.69 Å². The Morgan fingerprint density at radius 3 is 2.70 bits per heavy atom. The average molecular weight is 338 g/mol. The van der Waals surface area contributed by atoms with E-state index in [1.807, 2.05) is 19.1 Å². The van der Waals surface area contributed by atoms with Crippen molar-refractivity contribution in [2.45, 2.75) is 25.8 Å². The summed E-state index contributed by atoms with van der Waals surface area (Å²) in [5.74, 6) is 0.995. The van der Waals surface area contributed by atoms with Crippen LogP contribution in [0.5, 0.6) is 0 Å². The lowest BCUT2D eigenvalue weighted by Gasteiger charge is -2.33. The summed E-state index contributed by atoms with van der Waals surface area (Å²) in [7, 11) is 0. The Morgan fingerprint density at radius 1 is 1.35 bits per heavy atom. The fourth-order valence-electron chi connectivity index (χ4n) is 2.66. The third-order valence-corrected chi connectivity index (χ3v) is 4.12. The second-order valence-electron chi connectivity index (χ2n) is 5.07. The van der Waals surface area contributed by atoms with Gasteiger partial charge in [0.05, 0.1) is 0 Å². The van der Waals surface area contributed by atoms with E-state index in [0.29, 0.717) is 0 Å². The smallest absolute Gasteiger partial charge is 0.343 e. The van der Waals surface area contributed by atoms with Crippen molar-refractivity contribution >= 4 is 21.7 Å². The molecular formula is C13H16BrN5O. The first-order valence-electron chi connectivity index (χ1n) is 6.64. The maximum absolute atomic E-state index is 11.6. The van der Waals surface area contributed by atoms with Gasteiger partial charge in [-0.05, 0) is 31.9 Å². The van der Waals surface area contributed by atoms with Crippen LogP contribution in [0.25, 0.3) is 0 Å². The Labute approximate surface area is 125 Å². The molecule has 1 saturated heterocycles. The fourth-order valence-corrected chi connectivity index (χ4v) is 3.20. The summed E-state index contributed by atoms with van der Waals surface area (Å²) in [6.45, 7) is 3.78. The van der Waals surface area contributed by atoms with E-state index in [0.717, 1.165) is 41.9 Å². The number of hydrogen-bond acceptors (Lipinski definition) is 4. The van der Waals surface area contributed by atoms with E-state index in [1.165, 1.54) is 0 Å². The van der Waals surface area contributed by atoms with Gasteiger partial charge in [0.25, 0.3) is 0 Å². The molecule has 0 radical (unpaired) electrons. The standard InChI is InChI=1S/C13H16BrN5O/c1-9-6-10(14)7-12(16-9)18-4-2-11(3-5-18)19-8-15-17-13(19)20/h6-8,11H,2-5H2,1H3,(H,17,20). The topological polar surface area (TPSA) is 66.8 Å². The van der Waals surface area contributed by atoms with Crippen LogP contribution in [-0.4, -0.2) is 32.8 Å². The summed E-state index contributed by atoms with van der Waals surface area (Å²) in [6, 6.07) is 4.27. The lowest BCUT2D eigenvalue weighted by Crippen LogP contribution is -2.37. The minimum Gasteiger partial charge on any atom is -0.356 e. The number of piperidine rings is 1. The summed E-state index contributed by atoms with van der Waals surface area (Å²) in [5, 5.41) is 6.24. The zero-order valence-electron chi connectivity index (χ0n) is 11.2. The maximum Gasteiger partial charge on any atom is 0.343 e. The van der Waals surface area contributed by atoms with Gasteiger partial charge in [-0.3, -0.25) is 4.57 Å². The van der Waals surface area contributed by atoms with E-state index in [-0.39, 0.29) is 11.7 Å². The minimum atomic E-state index is -0.125. The second kappa shape index (κ2) is 5.40. The molecule has 0 spiro atoms. The van der Waals surface area contributed by atoms with E-state index in [1.54, 1.807) is 10.9 Å². The van der Waals surface area contributed by atoms with Crippen molar-refractivity contribution in [3.63, 3.8) is 0 Å². The van der Waals surface area contributed by atoms with E-state index in [2.05, 4.69) is 36.0 Å². The van der Waals surface area contributed by atoms with E-state index in [9.17, 15) is 4.79 Å². The predicted molar refractivity (Wildman–Crippen MR) is 80.0 cm³/mol. The molecule has 1 aliphatic heterocycles. The molecule has 106 valence electrons. The van der Waals surface area contributed by atoms with Crippen molar-refractivity contribution in [1.29, 1.82) is 0 Å². The molecule has 0 saturated carbocycles. The molecule has 2 aromatic rings. The number of halogens is 1. The number of nitrogens with zero attached hydrogens (tertiary/aromatic N) is 4. The number of rotatable bonds is 2. The van der Waals surface area contributed by atoms with E-state index < -0.39 is 0 Å². The van der Waals surface area contributed by atoms with E-state index >= 15 is 0 Å². The summed E-state index contributed by atoms with van der Waals surface area (Å²) in [5.41, 5.74) is 0.877. The monoisotopic (exact) mass is 337 g/mol. The van der Waals surface area contributed by atoms with Gasteiger partial charge in [-0.2, -0.15) is 5.10 Å². The van der Waals surface area contributed by atoms with Crippen molar-refractivity contribution in [3.05, 3.63) is 39.1 Å². The first kappa shape index (κ1) is 13.4. The molecule has 6 nitrogen and oxygen atoms in total. The zero-order valence-corrected chi connectivity index (χ0v) is 12.8. The van der Waals surface area contributed by atoms with Crippen LogP contribution >= 0.6 is 15.9 Å². The number of aromatic amines is 1. The molecular weight excluding hydrogens is 322 g/mol. The van der Waals surface area contributed by atoms with Gasteiger partial charge in [0, 0.05) is 29.3 Å². The van der Waals surface area contributed by atoms with Gasteiger partial charge in [-0.15, -0.1) is 0 Å². The van der Waals surface area contributed by atoms with Crippen LogP contribution in [0.15, 0.2) is 27.7 Å². The molecule has 3 heterocycles. The molecule has 1 fully saturated rings. The third kappa shape index (κ3) is 2.63. The molecule has 20 heavy (non-hydrogen) atoms. The van der Waals surface area contributed by atoms with Crippen molar-refractivity contribution in [1.82, 2.24) is 19.7 Å². The molecule has 0 aliphatic carbocycles. The van der Waals surface area contributed by atoms with Crippen LogP contribution in [0.2, 0.25) is 0 Å².